The molecule has 2 aromatic carbocycles. The number of aliphatic carboxylic acids is 1. The van der Waals surface area contributed by atoms with Gasteiger partial charge in [-0.2, -0.15) is 0 Å². The summed E-state index contributed by atoms with van der Waals surface area (Å²) in [6.45, 7) is 1.15. The van der Waals surface area contributed by atoms with Crippen molar-refractivity contribution < 1.29 is 14.7 Å². The van der Waals surface area contributed by atoms with E-state index >= 15 is 0 Å². The van der Waals surface area contributed by atoms with E-state index in [9.17, 15) is 19.5 Å². The zero-order valence-electron chi connectivity index (χ0n) is 15.8. The standard InChI is InChI=1S/C21H18N4O4/c1-13-18(21(29)25(23(13)2)14-8-4-3-5-9-14)22-19-15-10-6-7-11-16(15)24(20(19)28)12-17(26)27/h3-11H,12H2,1-2H3,(H,26,27)/p-1. The molecule has 0 bridgehead atoms. The first kappa shape index (κ1) is 18.4. The van der Waals surface area contributed by atoms with Crippen molar-refractivity contribution in [3.05, 3.63) is 76.2 Å². The highest BCUT2D eigenvalue weighted by atomic mass is 16.4. The summed E-state index contributed by atoms with van der Waals surface area (Å²) < 4.78 is 3.14. The van der Waals surface area contributed by atoms with Gasteiger partial charge in [0.25, 0.3) is 11.5 Å². The van der Waals surface area contributed by atoms with Gasteiger partial charge in [-0.25, -0.2) is 9.67 Å². The third-order valence-corrected chi connectivity index (χ3v) is 4.93. The maximum absolute atomic E-state index is 13.1. The van der Waals surface area contributed by atoms with Gasteiger partial charge in [-0.15, -0.1) is 0 Å². The lowest BCUT2D eigenvalue weighted by Crippen LogP contribution is -2.41. The van der Waals surface area contributed by atoms with E-state index in [4.69, 9.17) is 0 Å². The first-order valence-electron chi connectivity index (χ1n) is 8.94. The van der Waals surface area contributed by atoms with Crippen molar-refractivity contribution in [1.82, 2.24) is 9.36 Å². The summed E-state index contributed by atoms with van der Waals surface area (Å²) in [4.78, 5) is 42.5. The second-order valence-electron chi connectivity index (χ2n) is 6.65. The molecule has 8 heteroatoms. The molecule has 0 saturated carbocycles. The Balaban J connectivity index is 1.89. The van der Waals surface area contributed by atoms with Crippen LogP contribution in [-0.4, -0.2) is 33.5 Å². The summed E-state index contributed by atoms with van der Waals surface area (Å²) in [5, 5.41) is 11.1. The number of benzene rings is 2. The third kappa shape index (κ3) is 2.94. The lowest BCUT2D eigenvalue weighted by molar-refractivity contribution is -0.303. The van der Waals surface area contributed by atoms with Gasteiger partial charge in [-0.05, 0) is 25.1 Å². The number of hydrogen-bond donors (Lipinski definition) is 0. The lowest BCUT2D eigenvalue weighted by Gasteiger charge is -2.16. The number of nitrogens with zero attached hydrogens (tertiary/aromatic N) is 4. The highest BCUT2D eigenvalue weighted by molar-refractivity contribution is 6.55. The summed E-state index contributed by atoms with van der Waals surface area (Å²) >= 11 is 0. The molecule has 0 atom stereocenters. The number of rotatable bonds is 4. The van der Waals surface area contributed by atoms with E-state index in [1.807, 2.05) is 18.2 Å². The first-order valence-corrected chi connectivity index (χ1v) is 8.94. The van der Waals surface area contributed by atoms with E-state index in [1.165, 1.54) is 4.68 Å². The van der Waals surface area contributed by atoms with E-state index in [1.54, 1.807) is 55.1 Å². The molecular weight excluding hydrogens is 372 g/mol. The Kier molecular flexibility index (Phi) is 4.38. The predicted molar refractivity (Wildman–Crippen MR) is 106 cm³/mol. The highest BCUT2D eigenvalue weighted by Crippen LogP contribution is 2.30. The van der Waals surface area contributed by atoms with Gasteiger partial charge in [-0.3, -0.25) is 14.3 Å². The molecule has 146 valence electrons. The van der Waals surface area contributed by atoms with Crippen LogP contribution in [-0.2, 0) is 16.6 Å². The minimum atomic E-state index is -1.38. The van der Waals surface area contributed by atoms with Gasteiger partial charge in [0.15, 0.2) is 5.69 Å². The highest BCUT2D eigenvalue weighted by Gasteiger charge is 2.34. The number of aliphatic imine (C=N–C) groups is 1. The number of para-hydroxylation sites is 2. The average Bonchev–Trinajstić information content (AvgIpc) is 3.09. The molecule has 3 aromatic rings. The quantitative estimate of drug-likeness (QED) is 0.656. The maximum Gasteiger partial charge on any atom is 0.297 e. The second kappa shape index (κ2) is 6.90. The Morgan fingerprint density at radius 2 is 1.69 bits per heavy atom. The van der Waals surface area contributed by atoms with Crippen LogP contribution in [0.3, 0.4) is 0 Å². The predicted octanol–water partition coefficient (Wildman–Crippen LogP) is 0.702. The molecule has 1 amide bonds. The molecule has 0 saturated heterocycles. The largest absolute Gasteiger partial charge is 0.548 e. The second-order valence-corrected chi connectivity index (χ2v) is 6.65. The summed E-state index contributed by atoms with van der Waals surface area (Å²) in [7, 11) is 1.74. The number of aromatic nitrogens is 2. The van der Waals surface area contributed by atoms with Crippen LogP contribution in [0.1, 0.15) is 11.3 Å². The van der Waals surface area contributed by atoms with Gasteiger partial charge >= 0.3 is 0 Å². The maximum atomic E-state index is 13.1. The topological polar surface area (TPSA) is 99.7 Å². The normalized spacial score (nSPS) is 14.5. The van der Waals surface area contributed by atoms with Crippen LogP contribution < -0.4 is 15.6 Å². The van der Waals surface area contributed by atoms with Gasteiger partial charge in [-0.1, -0.05) is 36.4 Å². The summed E-state index contributed by atoms with van der Waals surface area (Å²) in [6, 6.07) is 15.8. The zero-order valence-corrected chi connectivity index (χ0v) is 15.8. The lowest BCUT2D eigenvalue weighted by atomic mass is 10.1. The third-order valence-electron chi connectivity index (χ3n) is 4.93. The SMILES string of the molecule is Cc1c(N=C2C(=O)N(CC(=O)[O-])c3ccccc32)c(=O)n(-c2ccccc2)n1C. The molecule has 1 aromatic heterocycles. The fourth-order valence-electron chi connectivity index (χ4n) is 3.45. The first-order chi connectivity index (χ1) is 13.9. The van der Waals surface area contributed by atoms with Gasteiger partial charge in [0, 0.05) is 12.6 Å². The Bertz CT molecular complexity index is 1220. The molecule has 0 spiro atoms. The number of carboxylic acids is 1. The summed E-state index contributed by atoms with van der Waals surface area (Å²) in [5.74, 6) is -1.96. The number of amides is 1. The van der Waals surface area contributed by atoms with Crippen molar-refractivity contribution in [3.8, 4) is 5.69 Å². The molecule has 1 aliphatic rings. The van der Waals surface area contributed by atoms with Crippen molar-refractivity contribution in [2.45, 2.75) is 6.92 Å². The van der Waals surface area contributed by atoms with Crippen LogP contribution in [0.2, 0.25) is 0 Å². The van der Waals surface area contributed by atoms with Gasteiger partial charge in [0.05, 0.1) is 29.6 Å². The number of fused-ring (bicyclic) bond motifs is 1. The number of anilines is 1. The minimum absolute atomic E-state index is 0.0351. The summed E-state index contributed by atoms with van der Waals surface area (Å²) in [6.07, 6.45) is 0. The molecule has 8 nitrogen and oxygen atoms in total. The van der Waals surface area contributed by atoms with Crippen molar-refractivity contribution in [2.24, 2.45) is 12.0 Å². The molecule has 29 heavy (non-hydrogen) atoms. The Labute approximate surface area is 165 Å². The molecule has 0 fully saturated rings. The van der Waals surface area contributed by atoms with Crippen LogP contribution in [0.4, 0.5) is 11.4 Å². The number of carbonyl (C=O) groups is 2. The average molecular weight is 389 g/mol. The van der Waals surface area contributed by atoms with Gasteiger partial charge < -0.3 is 14.8 Å². The Morgan fingerprint density at radius 1 is 1.03 bits per heavy atom. The van der Waals surface area contributed by atoms with E-state index in [-0.39, 0.29) is 17.0 Å². The smallest absolute Gasteiger partial charge is 0.297 e. The van der Waals surface area contributed by atoms with Crippen molar-refractivity contribution in [3.63, 3.8) is 0 Å². The molecule has 4 rings (SSSR count). The van der Waals surface area contributed by atoms with E-state index in [0.717, 1.165) is 4.90 Å². The molecule has 0 radical (unpaired) electrons. The molecule has 0 unspecified atom stereocenters. The Morgan fingerprint density at radius 3 is 2.38 bits per heavy atom. The molecule has 0 N–H and O–H groups in total. The van der Waals surface area contributed by atoms with Crippen molar-refractivity contribution >= 4 is 29.0 Å². The molecular formula is C21H17N4O4-. The van der Waals surface area contributed by atoms with Crippen LogP contribution in [0.15, 0.2) is 64.4 Å². The minimum Gasteiger partial charge on any atom is -0.548 e. The molecule has 0 aliphatic carbocycles. The van der Waals surface area contributed by atoms with E-state index in [2.05, 4.69) is 4.99 Å². The Hall–Kier alpha value is -3.94. The van der Waals surface area contributed by atoms with E-state index < -0.39 is 18.4 Å². The fourth-order valence-corrected chi connectivity index (χ4v) is 3.45. The summed E-state index contributed by atoms with van der Waals surface area (Å²) in [5.41, 5.74) is 1.95. The van der Waals surface area contributed by atoms with Crippen molar-refractivity contribution in [1.29, 1.82) is 0 Å². The van der Waals surface area contributed by atoms with Crippen molar-refractivity contribution in [2.75, 3.05) is 11.4 Å². The van der Waals surface area contributed by atoms with Gasteiger partial charge in [0.2, 0.25) is 0 Å². The monoisotopic (exact) mass is 389 g/mol. The van der Waals surface area contributed by atoms with Crippen LogP contribution >= 0.6 is 0 Å². The van der Waals surface area contributed by atoms with Crippen LogP contribution in [0.25, 0.3) is 5.69 Å². The number of carbonyl (C=O) groups excluding carboxylic acids is 2. The molecule has 2 heterocycles. The van der Waals surface area contributed by atoms with Crippen LogP contribution in [0.5, 0.6) is 0 Å². The number of hydrogen-bond acceptors (Lipinski definition) is 5. The van der Waals surface area contributed by atoms with Gasteiger partial charge in [0.1, 0.15) is 5.71 Å². The molecule has 1 aliphatic heterocycles. The van der Waals surface area contributed by atoms with Crippen LogP contribution in [0, 0.1) is 6.92 Å². The number of carboxylic acid groups (broad SMARTS) is 1. The van der Waals surface area contributed by atoms with E-state index in [0.29, 0.717) is 22.6 Å². The zero-order chi connectivity index (χ0) is 20.7. The fraction of sp³-hybridized carbons (Fsp3) is 0.143.